The Balaban J connectivity index is 2.85. The first-order valence-corrected chi connectivity index (χ1v) is 5.20. The highest BCUT2D eigenvalue weighted by Gasteiger charge is 2.18. The van der Waals surface area contributed by atoms with Gasteiger partial charge in [-0.1, -0.05) is 12.1 Å². The van der Waals surface area contributed by atoms with Gasteiger partial charge >= 0.3 is 5.69 Å². The van der Waals surface area contributed by atoms with Crippen LogP contribution in [0, 0.1) is 15.9 Å². The maximum atomic E-state index is 13.7. The third-order valence-electron chi connectivity index (χ3n) is 2.27. The van der Waals surface area contributed by atoms with Crippen molar-refractivity contribution in [3.05, 3.63) is 39.7 Å². The summed E-state index contributed by atoms with van der Waals surface area (Å²) in [5, 5.41) is 19.7. The highest BCUT2D eigenvalue weighted by Crippen LogP contribution is 2.21. The Morgan fingerprint density at radius 2 is 2.24 bits per heavy atom. The highest BCUT2D eigenvalue weighted by molar-refractivity contribution is 5.36. The molecule has 17 heavy (non-hydrogen) atoms. The zero-order valence-corrected chi connectivity index (χ0v) is 9.76. The maximum Gasteiger partial charge on any atom is 0.305 e. The molecule has 1 aromatic rings. The van der Waals surface area contributed by atoms with E-state index in [1.807, 2.05) is 0 Å². The second-order valence-corrected chi connectivity index (χ2v) is 4.05. The zero-order chi connectivity index (χ0) is 13.0. The summed E-state index contributed by atoms with van der Waals surface area (Å²) in [7, 11) is 1.71. The van der Waals surface area contributed by atoms with Crippen molar-refractivity contribution in [3.8, 4) is 0 Å². The van der Waals surface area contributed by atoms with Gasteiger partial charge in [-0.25, -0.2) is 0 Å². The second kappa shape index (κ2) is 5.70. The Morgan fingerprint density at radius 1 is 1.59 bits per heavy atom. The lowest BCUT2D eigenvalue weighted by Gasteiger charge is -2.18. The molecule has 0 radical (unpaired) electrons. The number of hydrogen-bond donors (Lipinski definition) is 1. The molecule has 1 rings (SSSR count). The largest absolute Gasteiger partial charge is 0.392 e. The average molecular weight is 242 g/mol. The molecule has 6 heteroatoms. The number of halogens is 1. The Hall–Kier alpha value is -1.53. The number of nitro groups is 1. The summed E-state index contributed by atoms with van der Waals surface area (Å²) < 4.78 is 13.7. The lowest BCUT2D eigenvalue weighted by atomic mass is 10.1. The zero-order valence-electron chi connectivity index (χ0n) is 9.76. The molecule has 1 unspecified atom stereocenters. The van der Waals surface area contributed by atoms with E-state index in [-0.39, 0.29) is 12.1 Å². The van der Waals surface area contributed by atoms with E-state index >= 15 is 0 Å². The van der Waals surface area contributed by atoms with Crippen LogP contribution in [0.2, 0.25) is 0 Å². The van der Waals surface area contributed by atoms with Crippen LogP contribution in [0.25, 0.3) is 0 Å². The minimum absolute atomic E-state index is 0.221. The van der Waals surface area contributed by atoms with Crippen LogP contribution in [0.15, 0.2) is 18.2 Å². The predicted octanol–water partition coefficient (Wildman–Crippen LogP) is 1.55. The fraction of sp³-hybridized carbons (Fsp3) is 0.455. The number of likely N-dealkylation sites (N-methyl/N-ethyl adjacent to an activating group) is 1. The third kappa shape index (κ3) is 3.76. The molecule has 0 heterocycles. The fourth-order valence-electron chi connectivity index (χ4n) is 1.64. The van der Waals surface area contributed by atoms with E-state index in [0.29, 0.717) is 6.54 Å². The third-order valence-corrected chi connectivity index (χ3v) is 2.27. The highest BCUT2D eigenvalue weighted by atomic mass is 19.1. The van der Waals surface area contributed by atoms with E-state index < -0.39 is 22.5 Å². The molecule has 94 valence electrons. The van der Waals surface area contributed by atoms with Gasteiger partial charge in [-0.3, -0.25) is 15.0 Å². The van der Waals surface area contributed by atoms with Crippen LogP contribution in [0.5, 0.6) is 0 Å². The van der Waals surface area contributed by atoms with E-state index in [2.05, 4.69) is 0 Å². The number of nitrogens with zero attached hydrogens (tertiary/aromatic N) is 2. The van der Waals surface area contributed by atoms with Crippen molar-refractivity contribution in [1.29, 1.82) is 0 Å². The number of rotatable bonds is 5. The first-order valence-electron chi connectivity index (χ1n) is 5.20. The summed E-state index contributed by atoms with van der Waals surface area (Å²) in [6, 6.07) is 4.08. The molecule has 0 aliphatic carbocycles. The molecule has 0 saturated carbocycles. The van der Waals surface area contributed by atoms with E-state index in [4.69, 9.17) is 5.11 Å². The van der Waals surface area contributed by atoms with Crippen LogP contribution >= 0.6 is 0 Å². The molecule has 0 aromatic heterocycles. The van der Waals surface area contributed by atoms with Crippen molar-refractivity contribution in [2.45, 2.75) is 19.6 Å². The van der Waals surface area contributed by atoms with Gasteiger partial charge in [-0.15, -0.1) is 0 Å². The predicted molar refractivity (Wildman–Crippen MR) is 61.1 cm³/mol. The van der Waals surface area contributed by atoms with Crippen LogP contribution < -0.4 is 0 Å². The van der Waals surface area contributed by atoms with Crippen LogP contribution in [-0.2, 0) is 6.54 Å². The van der Waals surface area contributed by atoms with Gasteiger partial charge in [0, 0.05) is 24.7 Å². The summed E-state index contributed by atoms with van der Waals surface area (Å²) in [5.41, 5.74) is -0.268. The van der Waals surface area contributed by atoms with E-state index in [0.717, 1.165) is 6.07 Å². The lowest BCUT2D eigenvalue weighted by Crippen LogP contribution is -2.27. The number of aliphatic hydroxyl groups excluding tert-OH is 1. The molecule has 0 amide bonds. The molecular weight excluding hydrogens is 227 g/mol. The van der Waals surface area contributed by atoms with Gasteiger partial charge in [0.1, 0.15) is 0 Å². The summed E-state index contributed by atoms with van der Waals surface area (Å²) in [6.45, 7) is 2.22. The molecule has 0 fully saturated rings. The first kappa shape index (κ1) is 13.5. The van der Waals surface area contributed by atoms with Crippen LogP contribution in [0.1, 0.15) is 12.5 Å². The maximum absolute atomic E-state index is 13.7. The van der Waals surface area contributed by atoms with E-state index in [1.165, 1.54) is 12.1 Å². The van der Waals surface area contributed by atoms with Crippen molar-refractivity contribution < 1.29 is 14.4 Å². The molecule has 0 aliphatic heterocycles. The van der Waals surface area contributed by atoms with E-state index in [1.54, 1.807) is 18.9 Å². The number of hydrogen-bond acceptors (Lipinski definition) is 4. The molecule has 1 N–H and O–H groups in total. The molecule has 5 nitrogen and oxygen atoms in total. The normalized spacial score (nSPS) is 12.8. The molecule has 0 spiro atoms. The van der Waals surface area contributed by atoms with Gasteiger partial charge in [0.15, 0.2) is 0 Å². The average Bonchev–Trinajstić information content (AvgIpc) is 2.19. The second-order valence-electron chi connectivity index (χ2n) is 4.05. The number of benzene rings is 1. The van der Waals surface area contributed by atoms with Crippen LogP contribution in [0.3, 0.4) is 0 Å². The van der Waals surface area contributed by atoms with Crippen LogP contribution in [0.4, 0.5) is 10.1 Å². The van der Waals surface area contributed by atoms with Crippen molar-refractivity contribution in [3.63, 3.8) is 0 Å². The molecule has 0 bridgehead atoms. The summed E-state index contributed by atoms with van der Waals surface area (Å²) in [4.78, 5) is 11.5. The summed E-state index contributed by atoms with van der Waals surface area (Å²) in [5.74, 6) is -0.810. The Bertz CT molecular complexity index is 410. The standard InChI is InChI=1S/C11H15FN2O3/c1-8(15)6-13(2)7-9-4-3-5-10(11(9)12)14(16)17/h3-5,8,15H,6-7H2,1-2H3. The van der Waals surface area contributed by atoms with Gasteiger partial charge in [0.2, 0.25) is 5.82 Å². The van der Waals surface area contributed by atoms with Gasteiger partial charge in [0.25, 0.3) is 0 Å². The van der Waals surface area contributed by atoms with Crippen LogP contribution in [-0.4, -0.2) is 34.6 Å². The van der Waals surface area contributed by atoms with Gasteiger partial charge in [-0.2, -0.15) is 4.39 Å². The smallest absolute Gasteiger partial charge is 0.305 e. The summed E-state index contributed by atoms with van der Waals surface area (Å²) >= 11 is 0. The number of aliphatic hydroxyl groups is 1. The molecule has 1 atom stereocenters. The topological polar surface area (TPSA) is 66.6 Å². The monoisotopic (exact) mass is 242 g/mol. The molecule has 0 aliphatic rings. The quantitative estimate of drug-likeness (QED) is 0.628. The Labute approximate surface area is 98.6 Å². The van der Waals surface area contributed by atoms with Gasteiger partial charge in [0.05, 0.1) is 11.0 Å². The SMILES string of the molecule is CC(O)CN(C)Cc1cccc([N+](=O)[O-])c1F. The summed E-state index contributed by atoms with van der Waals surface area (Å²) in [6.07, 6.45) is -0.526. The molecule has 0 saturated heterocycles. The van der Waals surface area contributed by atoms with Crippen molar-refractivity contribution in [2.75, 3.05) is 13.6 Å². The van der Waals surface area contributed by atoms with Gasteiger partial charge in [-0.05, 0) is 14.0 Å². The van der Waals surface area contributed by atoms with E-state index in [9.17, 15) is 14.5 Å². The molecule has 1 aromatic carbocycles. The minimum Gasteiger partial charge on any atom is -0.392 e. The Morgan fingerprint density at radius 3 is 2.76 bits per heavy atom. The van der Waals surface area contributed by atoms with Gasteiger partial charge < -0.3 is 5.11 Å². The van der Waals surface area contributed by atoms with Crippen molar-refractivity contribution in [2.24, 2.45) is 0 Å². The molecular formula is C11H15FN2O3. The fourth-order valence-corrected chi connectivity index (χ4v) is 1.64. The minimum atomic E-state index is -0.810. The Kier molecular flexibility index (Phi) is 4.53. The van der Waals surface area contributed by atoms with Crippen molar-refractivity contribution >= 4 is 5.69 Å². The first-order chi connectivity index (χ1) is 7.91. The van der Waals surface area contributed by atoms with Crippen molar-refractivity contribution in [1.82, 2.24) is 4.90 Å². The number of nitro benzene ring substituents is 1. The lowest BCUT2D eigenvalue weighted by molar-refractivity contribution is -0.387.